The van der Waals surface area contributed by atoms with Gasteiger partial charge in [0.25, 0.3) is 5.91 Å². The first-order chi connectivity index (χ1) is 15.3. The lowest BCUT2D eigenvalue weighted by Crippen LogP contribution is -2.40. The number of methoxy groups -OCH3 is 2. The van der Waals surface area contributed by atoms with Gasteiger partial charge in [-0.25, -0.2) is 8.42 Å². The van der Waals surface area contributed by atoms with Gasteiger partial charge in [0.05, 0.1) is 29.3 Å². The molecule has 1 aliphatic rings. The zero-order valence-electron chi connectivity index (χ0n) is 17.7. The number of ether oxygens (including phenoxy) is 2. The van der Waals surface area contributed by atoms with Gasteiger partial charge in [-0.1, -0.05) is 22.9 Å². The van der Waals surface area contributed by atoms with Gasteiger partial charge >= 0.3 is 0 Å². The quantitative estimate of drug-likeness (QED) is 0.542. The smallest absolute Gasteiger partial charge is 0.266 e. The lowest BCUT2D eigenvalue weighted by molar-refractivity contribution is -0.121. The maximum atomic E-state index is 13.1. The summed E-state index contributed by atoms with van der Waals surface area (Å²) in [6.45, 7) is 0.268. The average molecular weight is 496 g/mol. The van der Waals surface area contributed by atoms with Gasteiger partial charge in [-0.3, -0.25) is 4.79 Å². The number of carbonyl (C=O) groups is 1. The van der Waals surface area contributed by atoms with Crippen LogP contribution in [0.5, 0.6) is 11.5 Å². The molecule has 3 aromatic rings. The standard InChI is InChI=1S/C21H22ClN3O5S2/c1-24-16-11-17(29-2)18(30-3)12-19(16)31-21(24)23-20(26)15-5-4-10-25(15)32(27,28)14-8-6-13(22)7-9-14/h6-9,11-12,15H,4-5,10H2,1-3H3. The van der Waals surface area contributed by atoms with Gasteiger partial charge in [-0.2, -0.15) is 9.30 Å². The number of benzene rings is 2. The van der Waals surface area contributed by atoms with Crippen LogP contribution >= 0.6 is 22.9 Å². The molecule has 0 saturated carbocycles. The lowest BCUT2D eigenvalue weighted by Gasteiger charge is -2.21. The molecular weight excluding hydrogens is 474 g/mol. The third-order valence-corrected chi connectivity index (χ3v) is 8.70. The number of aryl methyl sites for hydroxylation is 1. The molecule has 0 radical (unpaired) electrons. The number of thiazole rings is 1. The van der Waals surface area contributed by atoms with Crippen LogP contribution in [-0.4, -0.2) is 50.0 Å². The highest BCUT2D eigenvalue weighted by atomic mass is 35.5. The number of sulfonamides is 1. The Kier molecular flexibility index (Phi) is 6.30. The Balaban J connectivity index is 1.70. The molecule has 8 nitrogen and oxygen atoms in total. The van der Waals surface area contributed by atoms with E-state index >= 15 is 0 Å². The van der Waals surface area contributed by atoms with Crippen molar-refractivity contribution in [3.05, 3.63) is 46.2 Å². The number of amides is 1. The molecule has 0 aliphatic carbocycles. The van der Waals surface area contributed by atoms with Crippen LogP contribution in [0.1, 0.15) is 12.8 Å². The van der Waals surface area contributed by atoms with Crippen LogP contribution < -0.4 is 14.3 Å². The summed E-state index contributed by atoms with van der Waals surface area (Å²) >= 11 is 7.21. The predicted molar refractivity (Wildman–Crippen MR) is 123 cm³/mol. The second-order valence-corrected chi connectivity index (χ2v) is 10.6. The van der Waals surface area contributed by atoms with Crippen LogP contribution in [0, 0.1) is 0 Å². The molecule has 1 saturated heterocycles. The summed E-state index contributed by atoms with van der Waals surface area (Å²) in [5.41, 5.74) is 0.830. The molecular formula is C21H22ClN3O5S2. The summed E-state index contributed by atoms with van der Waals surface area (Å²) in [4.78, 5) is 17.9. The number of nitrogens with zero attached hydrogens (tertiary/aromatic N) is 3. The lowest BCUT2D eigenvalue weighted by atomic mass is 10.2. The molecule has 11 heteroatoms. The Labute approximate surface area is 194 Å². The van der Waals surface area contributed by atoms with Crippen LogP contribution in [0.4, 0.5) is 0 Å². The van der Waals surface area contributed by atoms with E-state index in [0.717, 1.165) is 10.2 Å². The van der Waals surface area contributed by atoms with Crippen molar-refractivity contribution in [1.29, 1.82) is 0 Å². The van der Waals surface area contributed by atoms with Crippen molar-refractivity contribution in [2.45, 2.75) is 23.8 Å². The molecule has 1 unspecified atom stereocenters. The van der Waals surface area contributed by atoms with E-state index in [2.05, 4.69) is 4.99 Å². The zero-order valence-corrected chi connectivity index (χ0v) is 20.1. The van der Waals surface area contributed by atoms with E-state index in [0.29, 0.717) is 34.2 Å². The summed E-state index contributed by atoms with van der Waals surface area (Å²) in [6.07, 6.45) is 1.01. The fourth-order valence-electron chi connectivity index (χ4n) is 3.75. The largest absolute Gasteiger partial charge is 0.493 e. The van der Waals surface area contributed by atoms with Gasteiger partial charge in [0, 0.05) is 30.7 Å². The first-order valence-electron chi connectivity index (χ1n) is 9.84. The minimum atomic E-state index is -3.84. The highest BCUT2D eigenvalue weighted by molar-refractivity contribution is 7.89. The van der Waals surface area contributed by atoms with Gasteiger partial charge in [-0.15, -0.1) is 0 Å². The van der Waals surface area contributed by atoms with E-state index < -0.39 is 22.0 Å². The van der Waals surface area contributed by atoms with Crippen molar-refractivity contribution < 1.29 is 22.7 Å². The van der Waals surface area contributed by atoms with Crippen molar-refractivity contribution in [1.82, 2.24) is 8.87 Å². The molecule has 2 aromatic carbocycles. The summed E-state index contributed by atoms with van der Waals surface area (Å²) in [5, 5.41) is 0.443. The van der Waals surface area contributed by atoms with Crippen LogP contribution in [0.15, 0.2) is 46.3 Å². The van der Waals surface area contributed by atoms with Gasteiger partial charge < -0.3 is 14.0 Å². The van der Waals surface area contributed by atoms with E-state index in [4.69, 9.17) is 21.1 Å². The van der Waals surface area contributed by atoms with E-state index in [-0.39, 0.29) is 11.4 Å². The average Bonchev–Trinajstić information content (AvgIpc) is 3.39. The van der Waals surface area contributed by atoms with E-state index in [1.54, 1.807) is 25.8 Å². The molecule has 1 aromatic heterocycles. The van der Waals surface area contributed by atoms with E-state index in [9.17, 15) is 13.2 Å². The van der Waals surface area contributed by atoms with Crippen LogP contribution in [0.25, 0.3) is 10.2 Å². The molecule has 1 fully saturated rings. The first-order valence-corrected chi connectivity index (χ1v) is 12.5. The van der Waals surface area contributed by atoms with Crippen molar-refractivity contribution in [2.75, 3.05) is 20.8 Å². The van der Waals surface area contributed by atoms with E-state index in [1.165, 1.54) is 39.9 Å². The van der Waals surface area contributed by atoms with Crippen molar-refractivity contribution >= 4 is 49.1 Å². The Bertz CT molecular complexity index is 1350. The fraction of sp³-hybridized carbons (Fsp3) is 0.333. The Morgan fingerprint density at radius 2 is 1.81 bits per heavy atom. The molecule has 0 spiro atoms. The molecule has 4 rings (SSSR count). The number of carbonyl (C=O) groups excluding carboxylic acids is 1. The number of fused-ring (bicyclic) bond motifs is 1. The minimum absolute atomic E-state index is 0.105. The number of rotatable bonds is 5. The summed E-state index contributed by atoms with van der Waals surface area (Å²) in [5.74, 6) is 0.666. The predicted octanol–water partition coefficient (Wildman–Crippen LogP) is 3.19. The Morgan fingerprint density at radius 1 is 1.16 bits per heavy atom. The molecule has 0 N–H and O–H groups in total. The molecule has 2 heterocycles. The Morgan fingerprint density at radius 3 is 2.47 bits per heavy atom. The monoisotopic (exact) mass is 495 g/mol. The molecule has 0 bridgehead atoms. The fourth-order valence-corrected chi connectivity index (χ4v) is 6.56. The molecule has 1 aliphatic heterocycles. The van der Waals surface area contributed by atoms with Gasteiger partial charge in [0.2, 0.25) is 10.0 Å². The second kappa shape index (κ2) is 8.86. The number of hydrogen-bond acceptors (Lipinski definition) is 6. The topological polar surface area (TPSA) is 90.2 Å². The van der Waals surface area contributed by atoms with E-state index in [1.807, 2.05) is 12.1 Å². The van der Waals surface area contributed by atoms with Crippen molar-refractivity contribution in [2.24, 2.45) is 12.0 Å². The number of hydrogen-bond donors (Lipinski definition) is 0. The van der Waals surface area contributed by atoms with Gasteiger partial charge in [0.15, 0.2) is 16.3 Å². The molecule has 1 atom stereocenters. The normalized spacial score (nSPS) is 17.8. The molecule has 170 valence electrons. The number of aromatic nitrogens is 1. The van der Waals surface area contributed by atoms with Crippen molar-refractivity contribution in [3.63, 3.8) is 0 Å². The molecule has 1 amide bonds. The zero-order chi connectivity index (χ0) is 23.0. The summed E-state index contributed by atoms with van der Waals surface area (Å²) < 4.78 is 40.8. The maximum absolute atomic E-state index is 13.1. The summed E-state index contributed by atoms with van der Waals surface area (Å²) in [7, 11) is 1.08. The van der Waals surface area contributed by atoms with Crippen LogP contribution in [0.2, 0.25) is 5.02 Å². The van der Waals surface area contributed by atoms with Crippen molar-refractivity contribution in [3.8, 4) is 11.5 Å². The maximum Gasteiger partial charge on any atom is 0.266 e. The SMILES string of the molecule is COc1cc2sc(=NC(=O)C3CCCN3S(=O)(=O)c3ccc(Cl)cc3)n(C)c2cc1OC. The Hall–Kier alpha value is -2.40. The third kappa shape index (κ3) is 4.03. The molecule has 32 heavy (non-hydrogen) atoms. The minimum Gasteiger partial charge on any atom is -0.493 e. The highest BCUT2D eigenvalue weighted by Crippen LogP contribution is 2.33. The van der Waals surface area contributed by atoms with Gasteiger partial charge in [-0.05, 0) is 37.1 Å². The second-order valence-electron chi connectivity index (χ2n) is 7.30. The third-order valence-electron chi connectivity index (χ3n) is 5.43. The van der Waals surface area contributed by atoms with Gasteiger partial charge in [0.1, 0.15) is 6.04 Å². The summed E-state index contributed by atoms with van der Waals surface area (Å²) in [6, 6.07) is 8.74. The van der Waals surface area contributed by atoms with Crippen LogP contribution in [-0.2, 0) is 21.9 Å². The van der Waals surface area contributed by atoms with Crippen LogP contribution in [0.3, 0.4) is 0 Å². The first kappa shape index (κ1) is 22.8. The highest BCUT2D eigenvalue weighted by Gasteiger charge is 2.39. The number of halogens is 1.